The third-order valence-electron chi connectivity index (χ3n) is 3.69. The van der Waals surface area contributed by atoms with Gasteiger partial charge < -0.3 is 16.0 Å². The normalized spacial score (nSPS) is 12.0. The number of nitrogens with one attached hydrogen (secondary N) is 3. The molecule has 5 heteroatoms. The van der Waals surface area contributed by atoms with Crippen LogP contribution in [0.15, 0.2) is 66.4 Å². The summed E-state index contributed by atoms with van der Waals surface area (Å²) >= 11 is 0. The van der Waals surface area contributed by atoms with Gasteiger partial charge in [-0.3, -0.25) is 4.79 Å². The lowest BCUT2D eigenvalue weighted by Gasteiger charge is -2.11. The Balaban J connectivity index is 1.98. The lowest BCUT2D eigenvalue weighted by Crippen LogP contribution is -2.33. The van der Waals surface area contributed by atoms with Crippen molar-refractivity contribution in [1.82, 2.24) is 5.32 Å². The summed E-state index contributed by atoms with van der Waals surface area (Å²) in [5.41, 5.74) is 2.81. The highest BCUT2D eigenvalue weighted by atomic mass is 16.1. The van der Waals surface area contributed by atoms with Gasteiger partial charge >= 0.3 is 0 Å². The summed E-state index contributed by atoms with van der Waals surface area (Å²) in [5.74, 6) is -0.369. The van der Waals surface area contributed by atoms with Gasteiger partial charge in [0.15, 0.2) is 0 Å². The molecule has 5 nitrogen and oxygen atoms in total. The minimum atomic E-state index is -0.369. The lowest BCUT2D eigenvalue weighted by atomic mass is 10.2. The molecular formula is C20H22N4O. The highest BCUT2D eigenvalue weighted by Crippen LogP contribution is 2.18. The molecule has 0 aromatic heterocycles. The molecule has 0 heterocycles. The smallest absolute Gasteiger partial charge is 0.263 e. The molecule has 0 aliphatic rings. The second-order valence-electron chi connectivity index (χ2n) is 5.67. The number of amides is 1. The minimum absolute atomic E-state index is 0.0348. The van der Waals surface area contributed by atoms with Crippen LogP contribution < -0.4 is 16.0 Å². The van der Waals surface area contributed by atoms with Crippen molar-refractivity contribution in [3.05, 3.63) is 66.4 Å². The quantitative estimate of drug-likeness (QED) is 0.525. The van der Waals surface area contributed by atoms with E-state index in [0.717, 1.165) is 23.5 Å². The van der Waals surface area contributed by atoms with Crippen LogP contribution in [-0.2, 0) is 4.79 Å². The molecule has 0 aliphatic heterocycles. The van der Waals surface area contributed by atoms with E-state index in [1.807, 2.05) is 74.5 Å². The average molecular weight is 334 g/mol. The molecule has 0 saturated carbocycles. The number of carbonyl (C=O) groups excluding carboxylic acids is 1. The van der Waals surface area contributed by atoms with Crippen LogP contribution in [0.4, 0.5) is 17.1 Å². The number of hydrogen-bond donors (Lipinski definition) is 3. The SMILES string of the molecule is CCC(C)NC(=O)/C(C#N)=C\Nc1ccc(Nc2ccccc2)cc1. The van der Waals surface area contributed by atoms with Crippen molar-refractivity contribution >= 4 is 23.0 Å². The first-order valence-electron chi connectivity index (χ1n) is 8.22. The summed E-state index contributed by atoms with van der Waals surface area (Å²) in [7, 11) is 0. The van der Waals surface area contributed by atoms with Crippen molar-refractivity contribution in [2.75, 3.05) is 10.6 Å². The zero-order valence-corrected chi connectivity index (χ0v) is 14.4. The number of benzene rings is 2. The van der Waals surface area contributed by atoms with E-state index in [1.54, 1.807) is 0 Å². The van der Waals surface area contributed by atoms with Gasteiger partial charge in [-0.2, -0.15) is 5.26 Å². The molecule has 25 heavy (non-hydrogen) atoms. The van der Waals surface area contributed by atoms with Gasteiger partial charge in [0.2, 0.25) is 0 Å². The predicted molar refractivity (Wildman–Crippen MR) is 101 cm³/mol. The zero-order valence-electron chi connectivity index (χ0n) is 14.4. The van der Waals surface area contributed by atoms with E-state index in [0.29, 0.717) is 0 Å². The van der Waals surface area contributed by atoms with Gasteiger partial charge in [0.25, 0.3) is 5.91 Å². The third-order valence-corrected chi connectivity index (χ3v) is 3.69. The summed E-state index contributed by atoms with van der Waals surface area (Å²) in [6.07, 6.45) is 2.24. The Hall–Kier alpha value is -3.26. The summed E-state index contributed by atoms with van der Waals surface area (Å²) in [6, 6.07) is 19.4. The molecule has 0 radical (unpaired) electrons. The maximum absolute atomic E-state index is 12.0. The summed E-state index contributed by atoms with van der Waals surface area (Å²) in [4.78, 5) is 12.0. The van der Waals surface area contributed by atoms with Crippen LogP contribution in [0, 0.1) is 11.3 Å². The standard InChI is InChI=1S/C20H22N4O/c1-3-15(2)23-20(25)16(13-21)14-22-17-9-11-19(12-10-17)24-18-7-5-4-6-8-18/h4-12,14-15,22,24H,3H2,1-2H3,(H,23,25)/b16-14-. The van der Waals surface area contributed by atoms with Crippen LogP contribution in [0.25, 0.3) is 0 Å². The number of rotatable bonds is 7. The van der Waals surface area contributed by atoms with Gasteiger partial charge in [-0.25, -0.2) is 0 Å². The molecule has 128 valence electrons. The van der Waals surface area contributed by atoms with Crippen molar-refractivity contribution in [2.24, 2.45) is 0 Å². The van der Waals surface area contributed by atoms with Crippen LogP contribution in [0.2, 0.25) is 0 Å². The highest BCUT2D eigenvalue weighted by Gasteiger charge is 2.10. The number of nitrogens with zero attached hydrogens (tertiary/aromatic N) is 1. The Morgan fingerprint density at radius 1 is 1.08 bits per heavy atom. The summed E-state index contributed by atoms with van der Waals surface area (Å²) < 4.78 is 0. The van der Waals surface area contributed by atoms with Gasteiger partial charge in [0.1, 0.15) is 11.6 Å². The van der Waals surface area contributed by atoms with E-state index in [1.165, 1.54) is 6.20 Å². The van der Waals surface area contributed by atoms with Gasteiger partial charge in [0, 0.05) is 29.3 Å². The first-order valence-corrected chi connectivity index (χ1v) is 8.22. The Labute approximate surface area is 148 Å². The Bertz CT molecular complexity index is 761. The summed E-state index contributed by atoms with van der Waals surface area (Å²) in [5, 5.41) is 18.2. The largest absolute Gasteiger partial charge is 0.360 e. The highest BCUT2D eigenvalue weighted by molar-refractivity contribution is 5.97. The molecule has 0 spiro atoms. The van der Waals surface area contributed by atoms with Crippen LogP contribution in [0.3, 0.4) is 0 Å². The van der Waals surface area contributed by atoms with E-state index in [4.69, 9.17) is 5.26 Å². The maximum atomic E-state index is 12.0. The van der Waals surface area contributed by atoms with Crippen molar-refractivity contribution < 1.29 is 4.79 Å². The van der Waals surface area contributed by atoms with Crippen LogP contribution >= 0.6 is 0 Å². The fraction of sp³-hybridized carbons (Fsp3) is 0.200. The van der Waals surface area contributed by atoms with E-state index in [-0.39, 0.29) is 17.5 Å². The first-order chi connectivity index (χ1) is 12.1. The van der Waals surface area contributed by atoms with Gasteiger partial charge in [-0.15, -0.1) is 0 Å². The molecule has 2 rings (SSSR count). The van der Waals surface area contributed by atoms with Crippen LogP contribution in [0.5, 0.6) is 0 Å². The molecule has 3 N–H and O–H groups in total. The first kappa shape index (κ1) is 18.1. The molecule has 0 saturated heterocycles. The van der Waals surface area contributed by atoms with Gasteiger partial charge in [-0.1, -0.05) is 25.1 Å². The lowest BCUT2D eigenvalue weighted by molar-refractivity contribution is -0.117. The van der Waals surface area contributed by atoms with Crippen molar-refractivity contribution in [2.45, 2.75) is 26.3 Å². The summed E-state index contributed by atoms with van der Waals surface area (Å²) in [6.45, 7) is 3.88. The molecule has 2 aromatic carbocycles. The maximum Gasteiger partial charge on any atom is 0.263 e. The second-order valence-corrected chi connectivity index (χ2v) is 5.67. The number of para-hydroxylation sites is 1. The molecule has 1 amide bonds. The number of carbonyl (C=O) groups is 1. The average Bonchev–Trinajstić information content (AvgIpc) is 2.64. The fourth-order valence-electron chi connectivity index (χ4n) is 2.05. The van der Waals surface area contributed by atoms with Crippen LogP contribution in [0.1, 0.15) is 20.3 Å². The Morgan fingerprint density at radius 3 is 2.28 bits per heavy atom. The van der Waals surface area contributed by atoms with Crippen molar-refractivity contribution in [1.29, 1.82) is 5.26 Å². The monoisotopic (exact) mass is 334 g/mol. The van der Waals surface area contributed by atoms with Crippen molar-refractivity contribution in [3.63, 3.8) is 0 Å². The molecule has 1 atom stereocenters. The minimum Gasteiger partial charge on any atom is -0.360 e. The van der Waals surface area contributed by atoms with Crippen LogP contribution in [-0.4, -0.2) is 11.9 Å². The van der Waals surface area contributed by atoms with E-state index in [9.17, 15) is 4.79 Å². The van der Waals surface area contributed by atoms with Gasteiger partial charge in [-0.05, 0) is 49.7 Å². The van der Waals surface area contributed by atoms with E-state index < -0.39 is 0 Å². The Kier molecular flexibility index (Phi) is 6.61. The molecule has 2 aromatic rings. The van der Waals surface area contributed by atoms with E-state index in [2.05, 4.69) is 16.0 Å². The second kappa shape index (κ2) is 9.14. The van der Waals surface area contributed by atoms with E-state index >= 15 is 0 Å². The fourth-order valence-corrected chi connectivity index (χ4v) is 2.05. The molecule has 0 bridgehead atoms. The molecule has 0 fully saturated rings. The predicted octanol–water partition coefficient (Wildman–Crippen LogP) is 4.16. The van der Waals surface area contributed by atoms with Gasteiger partial charge in [0.05, 0.1) is 0 Å². The van der Waals surface area contributed by atoms with Crippen molar-refractivity contribution in [3.8, 4) is 6.07 Å². The Morgan fingerprint density at radius 2 is 1.68 bits per heavy atom. The zero-order chi connectivity index (χ0) is 18.1. The molecule has 1 unspecified atom stereocenters. The number of hydrogen-bond acceptors (Lipinski definition) is 4. The molecule has 0 aliphatic carbocycles. The molecular weight excluding hydrogens is 312 g/mol. The third kappa shape index (κ3) is 5.70. The number of anilines is 3. The topological polar surface area (TPSA) is 77.0 Å². The number of nitriles is 1.